The highest BCUT2D eigenvalue weighted by Gasteiger charge is 2.38. The molecular formula is C39H35ClF4N2O6. The van der Waals surface area contributed by atoms with Crippen LogP contribution < -0.4 is 14.8 Å². The Morgan fingerprint density at radius 2 is 1.46 bits per heavy atom. The highest BCUT2D eigenvalue weighted by Crippen LogP contribution is 2.38. The van der Waals surface area contributed by atoms with Crippen LogP contribution in [-0.2, 0) is 27.0 Å². The van der Waals surface area contributed by atoms with Crippen LogP contribution in [0.2, 0.25) is 5.02 Å². The summed E-state index contributed by atoms with van der Waals surface area (Å²) in [6.45, 7) is 0.263. The molecule has 0 spiro atoms. The van der Waals surface area contributed by atoms with Crippen molar-refractivity contribution < 1.29 is 46.5 Å². The van der Waals surface area contributed by atoms with Gasteiger partial charge >= 0.3 is 12.1 Å². The predicted octanol–water partition coefficient (Wildman–Crippen LogP) is 9.42. The lowest BCUT2D eigenvalue weighted by molar-refractivity contribution is -0.143. The van der Waals surface area contributed by atoms with Gasteiger partial charge in [0, 0.05) is 19.0 Å². The van der Waals surface area contributed by atoms with Gasteiger partial charge in [-0.05, 0) is 103 Å². The van der Waals surface area contributed by atoms with Crippen LogP contribution in [-0.4, -0.2) is 34.3 Å². The highest BCUT2D eigenvalue weighted by atomic mass is 35.5. The zero-order valence-corrected chi connectivity index (χ0v) is 28.6. The topological polar surface area (TPSA) is 105 Å². The van der Waals surface area contributed by atoms with Gasteiger partial charge in [0.05, 0.1) is 23.0 Å². The third-order valence-electron chi connectivity index (χ3n) is 9.37. The SMILES string of the molecule is O=C(O)CC(NC(=O)C1c2cc(Oc3ccc(C(F)(F)F)cc3)ccc2CCN1C(=O)CC1CCCC1)c1ccc(Oc2ccc(F)c(Cl)c2)cc1. The van der Waals surface area contributed by atoms with Gasteiger partial charge < -0.3 is 24.8 Å². The number of carbonyl (C=O) groups is 3. The summed E-state index contributed by atoms with van der Waals surface area (Å²) in [6.07, 6.45) is -0.324. The van der Waals surface area contributed by atoms with Crippen molar-refractivity contribution in [1.29, 1.82) is 0 Å². The Morgan fingerprint density at radius 3 is 2.08 bits per heavy atom. The first-order chi connectivity index (χ1) is 24.8. The van der Waals surface area contributed by atoms with E-state index in [-0.39, 0.29) is 47.1 Å². The molecule has 0 radical (unpaired) electrons. The van der Waals surface area contributed by atoms with Crippen LogP contribution in [0.15, 0.2) is 84.9 Å². The van der Waals surface area contributed by atoms with Gasteiger partial charge in [-0.25, -0.2) is 4.39 Å². The first-order valence-electron chi connectivity index (χ1n) is 16.9. The minimum atomic E-state index is -4.51. The summed E-state index contributed by atoms with van der Waals surface area (Å²) in [7, 11) is 0. The molecule has 13 heteroatoms. The molecule has 0 saturated heterocycles. The van der Waals surface area contributed by atoms with Gasteiger partial charge in [-0.1, -0.05) is 42.6 Å². The van der Waals surface area contributed by atoms with Gasteiger partial charge in [-0.2, -0.15) is 13.2 Å². The number of nitrogens with one attached hydrogen (secondary N) is 1. The Bertz CT molecular complexity index is 1930. The number of halogens is 5. The summed E-state index contributed by atoms with van der Waals surface area (Å²) in [5.74, 6) is -1.30. The van der Waals surface area contributed by atoms with Crippen LogP contribution in [0.4, 0.5) is 17.6 Å². The van der Waals surface area contributed by atoms with Crippen molar-refractivity contribution in [3.8, 4) is 23.0 Å². The Kier molecular flexibility index (Phi) is 11.0. The quantitative estimate of drug-likeness (QED) is 0.149. The molecule has 1 heterocycles. The van der Waals surface area contributed by atoms with Crippen molar-refractivity contribution in [2.24, 2.45) is 5.92 Å². The molecule has 1 fully saturated rings. The fourth-order valence-corrected chi connectivity index (χ4v) is 6.93. The molecule has 52 heavy (non-hydrogen) atoms. The first-order valence-corrected chi connectivity index (χ1v) is 17.2. The second-order valence-corrected chi connectivity index (χ2v) is 13.4. The lowest BCUT2D eigenvalue weighted by Gasteiger charge is -2.38. The second-order valence-electron chi connectivity index (χ2n) is 13.0. The summed E-state index contributed by atoms with van der Waals surface area (Å²) in [5.41, 5.74) is 0.888. The number of aliphatic carboxylic acids is 1. The number of fused-ring (bicyclic) bond motifs is 1. The maximum atomic E-state index is 14.3. The van der Waals surface area contributed by atoms with Gasteiger partial charge in [0.2, 0.25) is 11.8 Å². The molecule has 2 unspecified atom stereocenters. The molecule has 2 N–H and O–H groups in total. The minimum absolute atomic E-state index is 0.114. The minimum Gasteiger partial charge on any atom is -0.481 e. The Balaban J connectivity index is 1.27. The molecule has 6 rings (SSSR count). The van der Waals surface area contributed by atoms with Crippen LogP contribution in [0, 0.1) is 11.7 Å². The number of carbonyl (C=O) groups excluding carboxylic acids is 2. The second kappa shape index (κ2) is 15.6. The molecule has 4 aromatic rings. The molecule has 1 saturated carbocycles. The Labute approximate surface area is 302 Å². The van der Waals surface area contributed by atoms with Crippen LogP contribution in [0.25, 0.3) is 0 Å². The third-order valence-corrected chi connectivity index (χ3v) is 9.66. The number of alkyl halides is 3. The van der Waals surface area contributed by atoms with Gasteiger partial charge in [0.1, 0.15) is 34.9 Å². The summed E-state index contributed by atoms with van der Waals surface area (Å²) in [6, 6.07) is 17.3. The summed E-state index contributed by atoms with van der Waals surface area (Å²) < 4.78 is 64.6. The lowest BCUT2D eigenvalue weighted by Crippen LogP contribution is -2.48. The van der Waals surface area contributed by atoms with E-state index in [9.17, 15) is 37.1 Å². The van der Waals surface area contributed by atoms with Crippen LogP contribution >= 0.6 is 11.6 Å². The average Bonchev–Trinajstić information content (AvgIpc) is 3.62. The van der Waals surface area contributed by atoms with E-state index in [0.29, 0.717) is 23.3 Å². The van der Waals surface area contributed by atoms with Crippen molar-refractivity contribution in [3.05, 3.63) is 118 Å². The number of ether oxygens (including phenoxy) is 2. The van der Waals surface area contributed by atoms with E-state index < -0.39 is 47.9 Å². The number of hydrogen-bond donors (Lipinski definition) is 2. The number of carboxylic acids is 1. The molecule has 272 valence electrons. The number of hydrogen-bond acceptors (Lipinski definition) is 5. The number of rotatable bonds is 11. The number of nitrogens with zero attached hydrogens (tertiary/aromatic N) is 1. The Hall–Kier alpha value is -5.10. The largest absolute Gasteiger partial charge is 0.481 e. The van der Waals surface area contributed by atoms with E-state index in [1.807, 2.05) is 0 Å². The third kappa shape index (κ3) is 8.85. The van der Waals surface area contributed by atoms with E-state index in [4.69, 9.17) is 21.1 Å². The van der Waals surface area contributed by atoms with E-state index in [2.05, 4.69) is 5.32 Å². The fraction of sp³-hybridized carbons (Fsp3) is 0.308. The number of benzene rings is 4. The zero-order chi connectivity index (χ0) is 37.0. The Morgan fingerprint density at radius 1 is 0.865 bits per heavy atom. The van der Waals surface area contributed by atoms with Gasteiger partial charge in [0.25, 0.3) is 0 Å². The molecule has 8 nitrogen and oxygen atoms in total. The van der Waals surface area contributed by atoms with Crippen LogP contribution in [0.3, 0.4) is 0 Å². The highest BCUT2D eigenvalue weighted by molar-refractivity contribution is 6.30. The summed E-state index contributed by atoms with van der Waals surface area (Å²) in [4.78, 5) is 41.7. The fourth-order valence-electron chi connectivity index (χ4n) is 6.76. The summed E-state index contributed by atoms with van der Waals surface area (Å²) in [5, 5.41) is 12.6. The van der Waals surface area contributed by atoms with Crippen molar-refractivity contribution in [1.82, 2.24) is 10.2 Å². The standard InChI is InChI=1S/C39H35ClF4N2O6/c40-32-21-30(15-16-33(32)41)52-27-10-6-25(7-11-27)34(22-36(48)49)45-38(50)37-31-20-29(51-28-13-8-26(9-14-28)39(42,43)44)12-5-24(31)17-18-46(37)35(47)19-23-3-1-2-4-23/h5-16,20-21,23,34,37H,1-4,17-19,22H2,(H,45,50)(H,48,49). The van der Waals surface area contributed by atoms with Crippen molar-refractivity contribution in [2.45, 2.75) is 63.2 Å². The molecular weight excluding hydrogens is 704 g/mol. The van der Waals surface area contributed by atoms with Gasteiger partial charge in [-0.3, -0.25) is 14.4 Å². The smallest absolute Gasteiger partial charge is 0.416 e. The van der Waals surface area contributed by atoms with Crippen LogP contribution in [0.1, 0.15) is 72.9 Å². The first kappa shape index (κ1) is 36.7. The molecule has 1 aliphatic heterocycles. The van der Waals surface area contributed by atoms with Crippen LogP contribution in [0.5, 0.6) is 23.0 Å². The molecule has 0 aromatic heterocycles. The van der Waals surface area contributed by atoms with Crippen molar-refractivity contribution in [3.63, 3.8) is 0 Å². The zero-order valence-electron chi connectivity index (χ0n) is 27.8. The van der Waals surface area contributed by atoms with Crippen molar-refractivity contribution in [2.75, 3.05) is 6.54 Å². The maximum absolute atomic E-state index is 14.3. The molecule has 0 bridgehead atoms. The normalized spacial score (nSPS) is 16.6. The number of carboxylic acid groups (broad SMARTS) is 1. The molecule has 2 amide bonds. The average molecular weight is 739 g/mol. The van der Waals surface area contributed by atoms with Crippen molar-refractivity contribution >= 4 is 29.4 Å². The maximum Gasteiger partial charge on any atom is 0.416 e. The molecule has 1 aliphatic carbocycles. The van der Waals surface area contributed by atoms with E-state index in [0.717, 1.165) is 43.4 Å². The van der Waals surface area contributed by atoms with E-state index >= 15 is 0 Å². The van der Waals surface area contributed by atoms with E-state index in [1.54, 1.807) is 42.5 Å². The van der Waals surface area contributed by atoms with Gasteiger partial charge in [-0.15, -0.1) is 0 Å². The summed E-state index contributed by atoms with van der Waals surface area (Å²) >= 11 is 5.86. The lowest BCUT2D eigenvalue weighted by atomic mass is 9.90. The van der Waals surface area contributed by atoms with Gasteiger partial charge in [0.15, 0.2) is 0 Å². The monoisotopic (exact) mass is 738 g/mol. The number of amides is 2. The molecule has 4 aromatic carbocycles. The molecule has 2 aliphatic rings. The predicted molar refractivity (Wildman–Crippen MR) is 184 cm³/mol. The van der Waals surface area contributed by atoms with E-state index in [1.165, 1.54) is 35.2 Å². The molecule has 2 atom stereocenters.